The molecule has 3 nitrogen and oxygen atoms in total. The number of aryl methyl sites for hydroxylation is 1. The van der Waals surface area contributed by atoms with Crippen LogP contribution >= 0.6 is 0 Å². The number of aromatic nitrogens is 2. The highest BCUT2D eigenvalue weighted by atomic mass is 19.4. The van der Waals surface area contributed by atoms with Gasteiger partial charge >= 0.3 is 6.18 Å². The van der Waals surface area contributed by atoms with Crippen LogP contribution in [-0.4, -0.2) is 14.7 Å². The van der Waals surface area contributed by atoms with Gasteiger partial charge in [0.05, 0.1) is 11.3 Å². The highest BCUT2D eigenvalue weighted by Gasteiger charge is 2.30. The van der Waals surface area contributed by atoms with Crippen LogP contribution in [0.4, 0.5) is 13.2 Å². The molecule has 4 aromatic rings. The van der Waals surface area contributed by atoms with E-state index in [9.17, 15) is 18.3 Å². The molecule has 0 aliphatic carbocycles. The molecule has 1 N–H and O–H groups in total. The number of hydrogen-bond acceptors (Lipinski definition) is 2. The number of phenols is 1. The van der Waals surface area contributed by atoms with Crippen molar-refractivity contribution in [3.8, 4) is 28.1 Å². The van der Waals surface area contributed by atoms with Crippen molar-refractivity contribution in [3.05, 3.63) is 95.9 Å². The van der Waals surface area contributed by atoms with Gasteiger partial charge in [0.2, 0.25) is 0 Å². The first-order valence-electron chi connectivity index (χ1n) is 10.2. The lowest BCUT2D eigenvalue weighted by Gasteiger charge is -2.06. The molecule has 0 bridgehead atoms. The number of aromatic hydroxyl groups is 1. The third-order valence-corrected chi connectivity index (χ3v) is 5.19. The van der Waals surface area contributed by atoms with Gasteiger partial charge in [-0.05, 0) is 54.0 Å². The first-order chi connectivity index (χ1) is 15.3. The first kappa shape index (κ1) is 21.4. The summed E-state index contributed by atoms with van der Waals surface area (Å²) in [5.74, 6) is 0.959. The number of phenolic OH excluding ortho intramolecular Hbond substituents is 1. The van der Waals surface area contributed by atoms with Crippen molar-refractivity contribution < 1.29 is 18.3 Å². The molecule has 0 aliphatic rings. The Kier molecular flexibility index (Phi) is 5.86. The number of nitrogens with zero attached hydrogens (tertiary/aromatic N) is 2. The molecule has 0 saturated carbocycles. The van der Waals surface area contributed by atoms with Crippen LogP contribution < -0.4 is 0 Å². The van der Waals surface area contributed by atoms with E-state index in [4.69, 9.17) is 0 Å². The van der Waals surface area contributed by atoms with E-state index in [0.29, 0.717) is 17.8 Å². The molecule has 0 spiro atoms. The van der Waals surface area contributed by atoms with Gasteiger partial charge < -0.3 is 9.67 Å². The van der Waals surface area contributed by atoms with E-state index in [-0.39, 0.29) is 5.75 Å². The highest BCUT2D eigenvalue weighted by Crippen LogP contribution is 2.31. The van der Waals surface area contributed by atoms with Gasteiger partial charge in [-0.15, -0.1) is 0 Å². The second-order valence-corrected chi connectivity index (χ2v) is 7.35. The minimum absolute atomic E-state index is 0.232. The Hall–Kier alpha value is -3.80. The molecule has 0 amide bonds. The Morgan fingerprint density at radius 1 is 0.812 bits per heavy atom. The number of hydrogen-bond donors (Lipinski definition) is 1. The number of halogens is 3. The van der Waals surface area contributed by atoms with Crippen molar-refractivity contribution in [1.29, 1.82) is 0 Å². The van der Waals surface area contributed by atoms with Crippen molar-refractivity contribution in [1.82, 2.24) is 9.55 Å². The fourth-order valence-corrected chi connectivity index (χ4v) is 3.40. The van der Waals surface area contributed by atoms with E-state index in [2.05, 4.69) is 4.98 Å². The lowest BCUT2D eigenvalue weighted by molar-refractivity contribution is -0.137. The predicted octanol–water partition coefficient (Wildman–Crippen LogP) is 7.13. The Labute approximate surface area is 184 Å². The third-order valence-electron chi connectivity index (χ3n) is 5.19. The number of imidazole rings is 1. The summed E-state index contributed by atoms with van der Waals surface area (Å²) in [4.78, 5) is 4.60. The van der Waals surface area contributed by atoms with Crippen molar-refractivity contribution in [2.75, 3.05) is 0 Å². The molecule has 0 aliphatic heterocycles. The minimum Gasteiger partial charge on any atom is -0.508 e. The summed E-state index contributed by atoms with van der Waals surface area (Å²) in [5.41, 5.74) is 3.64. The molecule has 3 aromatic carbocycles. The fraction of sp³-hybridized carbons (Fsp3) is 0.115. The van der Waals surface area contributed by atoms with Crippen molar-refractivity contribution in [3.63, 3.8) is 0 Å². The van der Waals surface area contributed by atoms with Crippen molar-refractivity contribution in [2.24, 2.45) is 0 Å². The average Bonchev–Trinajstić information content (AvgIpc) is 3.21. The third kappa shape index (κ3) is 4.75. The van der Waals surface area contributed by atoms with Gasteiger partial charge in [-0.2, -0.15) is 13.2 Å². The van der Waals surface area contributed by atoms with Crippen LogP contribution in [0.2, 0.25) is 0 Å². The van der Waals surface area contributed by atoms with Crippen LogP contribution in [0.25, 0.3) is 34.5 Å². The second kappa shape index (κ2) is 8.75. The van der Waals surface area contributed by atoms with E-state index in [0.717, 1.165) is 34.6 Å². The van der Waals surface area contributed by atoms with Crippen molar-refractivity contribution in [2.45, 2.75) is 19.6 Å². The topological polar surface area (TPSA) is 38.0 Å². The quantitative estimate of drug-likeness (QED) is 0.363. The molecule has 0 fully saturated rings. The number of alkyl halides is 3. The van der Waals surface area contributed by atoms with Crippen LogP contribution in [0, 0.1) is 0 Å². The molecule has 0 unspecified atom stereocenters. The Balaban J connectivity index is 1.54. The molecule has 0 saturated heterocycles. The Bertz CT molecular complexity index is 1220. The molecule has 0 radical (unpaired) electrons. The average molecular weight is 434 g/mol. The molecule has 162 valence electrons. The molecule has 32 heavy (non-hydrogen) atoms. The van der Waals surface area contributed by atoms with Gasteiger partial charge in [0.15, 0.2) is 0 Å². The van der Waals surface area contributed by atoms with Gasteiger partial charge in [0, 0.05) is 18.3 Å². The second-order valence-electron chi connectivity index (χ2n) is 7.35. The Morgan fingerprint density at radius 2 is 1.38 bits per heavy atom. The standard InChI is InChI=1S/C26H21F3N2O/c1-2-31-17-24(21-8-12-22(13-9-21)26(27,28)29)30-25(31)16-5-18-3-6-19(7-4-18)20-10-14-23(32)15-11-20/h3-17,32H,2H2,1H3. The SMILES string of the molecule is CCn1cc(-c2ccc(C(F)(F)F)cc2)nc1C=Cc1ccc(-c2ccc(O)cc2)cc1. The maximum atomic E-state index is 12.8. The normalized spacial score (nSPS) is 11.9. The summed E-state index contributed by atoms with van der Waals surface area (Å²) in [6.45, 7) is 2.68. The smallest absolute Gasteiger partial charge is 0.416 e. The van der Waals surface area contributed by atoms with Crippen LogP contribution in [0.15, 0.2) is 79.0 Å². The van der Waals surface area contributed by atoms with Gasteiger partial charge in [-0.3, -0.25) is 0 Å². The summed E-state index contributed by atoms with van der Waals surface area (Å²) in [6.07, 6.45) is 1.33. The summed E-state index contributed by atoms with van der Waals surface area (Å²) >= 11 is 0. The molecule has 4 rings (SSSR count). The van der Waals surface area contributed by atoms with E-state index in [1.54, 1.807) is 12.1 Å². The molecule has 1 aromatic heterocycles. The zero-order valence-corrected chi connectivity index (χ0v) is 17.3. The zero-order valence-electron chi connectivity index (χ0n) is 17.3. The van der Waals surface area contributed by atoms with Gasteiger partial charge in [-0.1, -0.05) is 54.6 Å². The highest BCUT2D eigenvalue weighted by molar-refractivity contribution is 5.72. The van der Waals surface area contributed by atoms with Crippen LogP contribution in [0.5, 0.6) is 5.75 Å². The predicted molar refractivity (Wildman–Crippen MR) is 121 cm³/mol. The number of benzene rings is 3. The Morgan fingerprint density at radius 3 is 1.94 bits per heavy atom. The molecule has 1 heterocycles. The van der Waals surface area contributed by atoms with Crippen LogP contribution in [0.3, 0.4) is 0 Å². The summed E-state index contributed by atoms with van der Waals surface area (Å²) in [6, 6.07) is 20.1. The van der Waals surface area contributed by atoms with Gasteiger partial charge in [0.1, 0.15) is 11.6 Å². The van der Waals surface area contributed by atoms with Crippen LogP contribution in [-0.2, 0) is 12.7 Å². The first-order valence-corrected chi connectivity index (χ1v) is 10.2. The van der Waals surface area contributed by atoms with E-state index >= 15 is 0 Å². The number of rotatable bonds is 5. The molecular weight excluding hydrogens is 413 g/mol. The fourth-order valence-electron chi connectivity index (χ4n) is 3.40. The molecule has 6 heteroatoms. The van der Waals surface area contributed by atoms with Crippen LogP contribution in [0.1, 0.15) is 23.9 Å². The van der Waals surface area contributed by atoms with Gasteiger partial charge in [-0.25, -0.2) is 4.98 Å². The minimum atomic E-state index is -4.35. The monoisotopic (exact) mass is 434 g/mol. The van der Waals surface area contributed by atoms with E-state index in [1.165, 1.54) is 12.1 Å². The molecule has 0 atom stereocenters. The summed E-state index contributed by atoms with van der Waals surface area (Å²) < 4.78 is 40.4. The lowest BCUT2D eigenvalue weighted by Crippen LogP contribution is -2.03. The van der Waals surface area contributed by atoms with Crippen molar-refractivity contribution >= 4 is 12.2 Å². The van der Waals surface area contributed by atoms with E-state index in [1.807, 2.05) is 66.2 Å². The molecular formula is C26H21F3N2O. The summed E-state index contributed by atoms with van der Waals surface area (Å²) in [7, 11) is 0. The maximum Gasteiger partial charge on any atom is 0.416 e. The summed E-state index contributed by atoms with van der Waals surface area (Å²) in [5, 5.41) is 9.43. The van der Waals surface area contributed by atoms with Gasteiger partial charge in [0.25, 0.3) is 0 Å². The maximum absolute atomic E-state index is 12.8. The zero-order chi connectivity index (χ0) is 22.7. The lowest BCUT2D eigenvalue weighted by atomic mass is 10.0. The van der Waals surface area contributed by atoms with E-state index < -0.39 is 11.7 Å². The largest absolute Gasteiger partial charge is 0.508 e.